The minimum absolute atomic E-state index is 0.381. The third-order valence-electron chi connectivity index (χ3n) is 3.59. The summed E-state index contributed by atoms with van der Waals surface area (Å²) in [6.45, 7) is 0. The second-order valence-corrected chi connectivity index (χ2v) is 5.21. The Labute approximate surface area is 108 Å². The summed E-state index contributed by atoms with van der Waals surface area (Å²) in [6.07, 6.45) is 2.56. The van der Waals surface area contributed by atoms with Crippen LogP contribution in [0.4, 0.5) is 0 Å². The zero-order chi connectivity index (χ0) is 12.9. The van der Waals surface area contributed by atoms with E-state index in [2.05, 4.69) is 0 Å². The van der Waals surface area contributed by atoms with Crippen LogP contribution in [-0.2, 0) is 14.4 Å². The molecular formula is C14H10O3S. The predicted octanol–water partition coefficient (Wildman–Crippen LogP) is 1.84. The van der Waals surface area contributed by atoms with Crippen molar-refractivity contribution in [2.45, 2.75) is 11.8 Å². The van der Waals surface area contributed by atoms with Gasteiger partial charge in [0.05, 0.1) is 11.8 Å². The molecule has 1 aromatic carbocycles. The summed E-state index contributed by atoms with van der Waals surface area (Å²) in [6, 6.07) is 7.39. The standard InChI is InChI=1S/C14H10O3S/c1-18-14-9(6-15)10-7-4-2-3-5-8(7)11(14)13(17)12(10)16/h2-6,10-11H,1H3. The van der Waals surface area contributed by atoms with Crippen LogP contribution in [0.15, 0.2) is 34.7 Å². The molecule has 2 atom stereocenters. The summed E-state index contributed by atoms with van der Waals surface area (Å²) >= 11 is 1.39. The number of hydrogen-bond acceptors (Lipinski definition) is 4. The minimum atomic E-state index is -0.682. The maximum atomic E-state index is 12.1. The van der Waals surface area contributed by atoms with Gasteiger partial charge in [0.2, 0.25) is 11.6 Å². The average Bonchev–Trinajstić information content (AvgIpc) is 2.41. The number of benzene rings is 1. The van der Waals surface area contributed by atoms with Crippen LogP contribution in [0, 0.1) is 0 Å². The minimum Gasteiger partial charge on any atom is -0.298 e. The van der Waals surface area contributed by atoms with Gasteiger partial charge in [-0.25, -0.2) is 0 Å². The first-order valence-corrected chi connectivity index (χ1v) is 6.83. The molecule has 0 saturated heterocycles. The van der Waals surface area contributed by atoms with Crippen molar-refractivity contribution in [2.24, 2.45) is 0 Å². The number of carbonyl (C=O) groups excluding carboxylic acids is 3. The van der Waals surface area contributed by atoms with Gasteiger partial charge in [0.25, 0.3) is 0 Å². The number of Topliss-reactive ketones (excluding diaryl/α,β-unsaturated/α-hetero) is 2. The first kappa shape index (κ1) is 11.4. The van der Waals surface area contributed by atoms with E-state index in [0.29, 0.717) is 5.57 Å². The summed E-state index contributed by atoms with van der Waals surface area (Å²) in [5, 5.41) is 0. The van der Waals surface area contributed by atoms with Crippen molar-refractivity contribution in [3.05, 3.63) is 45.9 Å². The zero-order valence-electron chi connectivity index (χ0n) is 9.67. The number of rotatable bonds is 2. The molecule has 90 valence electrons. The highest BCUT2D eigenvalue weighted by Crippen LogP contribution is 2.51. The van der Waals surface area contributed by atoms with E-state index < -0.39 is 17.6 Å². The van der Waals surface area contributed by atoms with Crippen molar-refractivity contribution >= 4 is 29.6 Å². The number of aldehydes is 1. The molecule has 3 aliphatic rings. The van der Waals surface area contributed by atoms with Crippen molar-refractivity contribution in [2.75, 3.05) is 6.26 Å². The monoisotopic (exact) mass is 258 g/mol. The first-order valence-electron chi connectivity index (χ1n) is 5.60. The van der Waals surface area contributed by atoms with E-state index >= 15 is 0 Å². The molecule has 18 heavy (non-hydrogen) atoms. The van der Waals surface area contributed by atoms with Crippen LogP contribution in [0.5, 0.6) is 0 Å². The lowest BCUT2D eigenvalue weighted by Gasteiger charge is -2.37. The number of fused-ring (bicyclic) bond motifs is 1. The lowest BCUT2D eigenvalue weighted by Crippen LogP contribution is -2.40. The third-order valence-corrected chi connectivity index (χ3v) is 4.50. The normalized spacial score (nSPS) is 25.4. The Morgan fingerprint density at radius 1 is 1.06 bits per heavy atom. The molecule has 2 bridgehead atoms. The van der Waals surface area contributed by atoms with Crippen LogP contribution in [0.25, 0.3) is 0 Å². The maximum Gasteiger partial charge on any atom is 0.211 e. The van der Waals surface area contributed by atoms with Gasteiger partial charge < -0.3 is 0 Å². The maximum absolute atomic E-state index is 12.1. The fraction of sp³-hybridized carbons (Fsp3) is 0.214. The smallest absolute Gasteiger partial charge is 0.211 e. The van der Waals surface area contributed by atoms with Gasteiger partial charge in [-0.3, -0.25) is 14.4 Å². The van der Waals surface area contributed by atoms with E-state index in [-0.39, 0.29) is 5.78 Å². The quantitative estimate of drug-likeness (QED) is 0.600. The fourth-order valence-corrected chi connectivity index (χ4v) is 3.71. The molecule has 0 saturated carbocycles. The molecule has 0 aromatic heterocycles. The third kappa shape index (κ3) is 1.24. The molecule has 0 spiro atoms. The topological polar surface area (TPSA) is 51.2 Å². The molecule has 0 amide bonds. The summed E-state index contributed by atoms with van der Waals surface area (Å²) in [7, 11) is 0. The molecule has 2 unspecified atom stereocenters. The van der Waals surface area contributed by atoms with E-state index in [1.165, 1.54) is 11.8 Å². The second-order valence-electron chi connectivity index (χ2n) is 4.37. The van der Waals surface area contributed by atoms with Crippen molar-refractivity contribution in [1.82, 2.24) is 0 Å². The molecule has 0 fully saturated rings. The molecule has 4 heteroatoms. The molecule has 3 aliphatic carbocycles. The van der Waals surface area contributed by atoms with E-state index in [9.17, 15) is 14.4 Å². The molecule has 0 aliphatic heterocycles. The van der Waals surface area contributed by atoms with Crippen LogP contribution in [0.3, 0.4) is 0 Å². The lowest BCUT2D eigenvalue weighted by atomic mass is 9.66. The summed E-state index contributed by atoms with van der Waals surface area (Å²) in [5.74, 6) is -2.07. The number of allylic oxidation sites excluding steroid dienone is 2. The molecule has 3 nitrogen and oxygen atoms in total. The van der Waals surface area contributed by atoms with Gasteiger partial charge in [-0.15, -0.1) is 11.8 Å². The number of thioether (sulfide) groups is 1. The summed E-state index contributed by atoms with van der Waals surface area (Å²) < 4.78 is 0. The fourth-order valence-electron chi connectivity index (χ4n) is 2.84. The van der Waals surface area contributed by atoms with Crippen LogP contribution in [0.2, 0.25) is 0 Å². The molecule has 0 radical (unpaired) electrons. The van der Waals surface area contributed by atoms with E-state index in [0.717, 1.165) is 22.3 Å². The van der Waals surface area contributed by atoms with Crippen molar-refractivity contribution in [1.29, 1.82) is 0 Å². The second kappa shape index (κ2) is 3.92. The number of hydrogen-bond donors (Lipinski definition) is 0. The molecule has 4 rings (SSSR count). The van der Waals surface area contributed by atoms with E-state index in [4.69, 9.17) is 0 Å². The van der Waals surface area contributed by atoms with Crippen LogP contribution < -0.4 is 0 Å². The largest absolute Gasteiger partial charge is 0.298 e. The molecule has 1 aromatic rings. The van der Waals surface area contributed by atoms with Crippen LogP contribution in [-0.4, -0.2) is 24.1 Å². The zero-order valence-corrected chi connectivity index (χ0v) is 10.5. The lowest BCUT2D eigenvalue weighted by molar-refractivity contribution is -0.138. The Kier molecular flexibility index (Phi) is 2.48. The molecule has 0 heterocycles. The first-order chi connectivity index (χ1) is 8.70. The number of ketones is 2. The van der Waals surface area contributed by atoms with Crippen LogP contribution in [0.1, 0.15) is 23.0 Å². The highest BCUT2D eigenvalue weighted by atomic mass is 32.2. The van der Waals surface area contributed by atoms with Crippen molar-refractivity contribution in [3.8, 4) is 0 Å². The molecule has 0 N–H and O–H groups in total. The van der Waals surface area contributed by atoms with Gasteiger partial charge in [-0.1, -0.05) is 24.3 Å². The summed E-state index contributed by atoms with van der Waals surface area (Å²) in [5.41, 5.74) is 2.16. The Bertz CT molecular complexity index is 615. The SMILES string of the molecule is CSC1=C(C=O)C2C(=O)C(=O)C1c1ccccc12. The van der Waals surface area contributed by atoms with Gasteiger partial charge in [0, 0.05) is 10.5 Å². The van der Waals surface area contributed by atoms with Gasteiger partial charge >= 0.3 is 0 Å². The average molecular weight is 258 g/mol. The molecular weight excluding hydrogens is 248 g/mol. The van der Waals surface area contributed by atoms with E-state index in [1.54, 1.807) is 0 Å². The Morgan fingerprint density at radius 3 is 2.17 bits per heavy atom. The van der Waals surface area contributed by atoms with Gasteiger partial charge in [0.15, 0.2) is 0 Å². The Balaban J connectivity index is 2.35. The van der Waals surface area contributed by atoms with Crippen LogP contribution >= 0.6 is 11.8 Å². The number of carbonyl (C=O) groups is 3. The summed E-state index contributed by atoms with van der Waals surface area (Å²) in [4.78, 5) is 36.1. The highest BCUT2D eigenvalue weighted by Gasteiger charge is 2.49. The Hall–Kier alpha value is -1.68. The van der Waals surface area contributed by atoms with Crippen molar-refractivity contribution < 1.29 is 14.4 Å². The van der Waals surface area contributed by atoms with Gasteiger partial charge in [-0.05, 0) is 17.4 Å². The van der Waals surface area contributed by atoms with E-state index in [1.807, 2.05) is 30.5 Å². The predicted molar refractivity (Wildman–Crippen MR) is 68.5 cm³/mol. The van der Waals surface area contributed by atoms with Gasteiger partial charge in [0.1, 0.15) is 6.29 Å². The van der Waals surface area contributed by atoms with Gasteiger partial charge in [-0.2, -0.15) is 0 Å². The Morgan fingerprint density at radius 2 is 1.61 bits per heavy atom. The van der Waals surface area contributed by atoms with Crippen molar-refractivity contribution in [3.63, 3.8) is 0 Å². The highest BCUT2D eigenvalue weighted by molar-refractivity contribution is 8.02.